The Balaban J connectivity index is 0.00000189. The van der Waals surface area contributed by atoms with Crippen molar-refractivity contribution in [2.45, 2.75) is 46.9 Å². The molecule has 0 saturated carbocycles. The maximum absolute atomic E-state index is 15.2. The summed E-state index contributed by atoms with van der Waals surface area (Å²) in [5.74, 6) is -1.06. The van der Waals surface area contributed by atoms with Gasteiger partial charge in [-0.05, 0) is 91.2 Å². The summed E-state index contributed by atoms with van der Waals surface area (Å²) < 4.78 is 38.7. The van der Waals surface area contributed by atoms with E-state index in [0.29, 0.717) is 48.1 Å². The number of rotatable bonds is 14. The molecule has 0 bridgehead atoms. The van der Waals surface area contributed by atoms with Crippen LogP contribution in [0, 0.1) is 11.6 Å². The fourth-order valence-corrected chi connectivity index (χ4v) is 7.70. The zero-order chi connectivity index (χ0) is 40.5. The molecule has 0 atom stereocenters. The number of amides is 2. The van der Waals surface area contributed by atoms with Crippen molar-refractivity contribution in [3.63, 3.8) is 0 Å². The number of benzene rings is 4. The summed E-state index contributed by atoms with van der Waals surface area (Å²) in [4.78, 5) is 44.6. The van der Waals surface area contributed by atoms with E-state index in [9.17, 15) is 14.4 Å². The van der Waals surface area contributed by atoms with Gasteiger partial charge in [-0.1, -0.05) is 80.6 Å². The average Bonchev–Trinajstić information content (AvgIpc) is 3.57. The van der Waals surface area contributed by atoms with Crippen LogP contribution in [0.25, 0.3) is 26.3 Å². The van der Waals surface area contributed by atoms with Gasteiger partial charge in [0.05, 0.1) is 17.6 Å². The minimum atomic E-state index is -0.802. The van der Waals surface area contributed by atoms with Crippen molar-refractivity contribution >= 4 is 33.3 Å². The van der Waals surface area contributed by atoms with E-state index in [4.69, 9.17) is 4.74 Å². The van der Waals surface area contributed by atoms with Gasteiger partial charge in [0.1, 0.15) is 28.8 Å². The lowest BCUT2D eigenvalue weighted by molar-refractivity contribution is 0.252. The van der Waals surface area contributed by atoms with E-state index in [-0.39, 0.29) is 25.5 Å². The molecule has 0 saturated heterocycles. The molecule has 57 heavy (non-hydrogen) atoms. The van der Waals surface area contributed by atoms with Crippen molar-refractivity contribution in [3.8, 4) is 21.9 Å². The first-order valence-corrected chi connectivity index (χ1v) is 19.7. The van der Waals surface area contributed by atoms with Crippen molar-refractivity contribution in [1.82, 2.24) is 19.4 Å². The summed E-state index contributed by atoms with van der Waals surface area (Å²) in [6.07, 6.45) is 6.93. The van der Waals surface area contributed by atoms with Crippen LogP contribution in [0.5, 0.6) is 5.75 Å². The number of thiophene rings is 1. The molecule has 298 valence electrons. The second-order valence-corrected chi connectivity index (χ2v) is 14.2. The molecule has 0 fully saturated rings. The highest BCUT2D eigenvalue weighted by Gasteiger charge is 2.26. The molecule has 0 aliphatic heterocycles. The van der Waals surface area contributed by atoms with Crippen LogP contribution in [0.15, 0.2) is 130 Å². The van der Waals surface area contributed by atoms with Crippen LogP contribution >= 0.6 is 11.3 Å². The smallest absolute Gasteiger partial charge is 0.337 e. The molecule has 2 aromatic heterocycles. The van der Waals surface area contributed by atoms with Crippen LogP contribution in [0.2, 0.25) is 0 Å². The highest BCUT2D eigenvalue weighted by molar-refractivity contribution is 7.22. The predicted molar refractivity (Wildman–Crippen MR) is 230 cm³/mol. The van der Waals surface area contributed by atoms with E-state index in [1.807, 2.05) is 76.4 Å². The van der Waals surface area contributed by atoms with Crippen molar-refractivity contribution in [2.24, 2.45) is 0 Å². The molecule has 2 N–H and O–H groups in total. The molecule has 0 spiro atoms. The number of aromatic nitrogens is 2. The quantitative estimate of drug-likeness (QED) is 0.115. The Hall–Kier alpha value is -6.11. The summed E-state index contributed by atoms with van der Waals surface area (Å²) in [6.45, 7) is 7.22. The molecule has 0 unspecified atom stereocenters. The standard InChI is InChI=1S/C43H39F2N5O4S.C2H6.2H2/c1-3-46-42(52)47-31-17-15-30(16-18-31)39-35(25-48(2)24-23-28-11-7-12-28)38-40(51)50(32-19-21-33(22-20-32)54-27-29-9-5-4-6-10-29)43(53)49(41(38)55-39)26-34-36(44)13-8-14-37(34)45;1-2;;/h4-22H,3,23-27H2,1-2H3,(H2,46,47,52);1-2H3;2*1H. The van der Waals surface area contributed by atoms with E-state index in [0.717, 1.165) is 39.1 Å². The fourth-order valence-electron chi connectivity index (χ4n) is 6.40. The van der Waals surface area contributed by atoms with E-state index < -0.39 is 29.4 Å². The monoisotopic (exact) mass is 793 g/mol. The molecular formula is C45H49F2N5O4S. The number of urea groups is 1. The van der Waals surface area contributed by atoms with Crippen LogP contribution in [0.3, 0.4) is 0 Å². The number of hydrogen-bond acceptors (Lipinski definition) is 6. The highest BCUT2D eigenvalue weighted by Crippen LogP contribution is 2.39. The van der Waals surface area contributed by atoms with Gasteiger partial charge in [-0.25, -0.2) is 22.9 Å². The van der Waals surface area contributed by atoms with Crippen LogP contribution in [0.1, 0.15) is 46.7 Å². The van der Waals surface area contributed by atoms with Gasteiger partial charge in [0.25, 0.3) is 5.56 Å². The Kier molecular flexibility index (Phi) is 13.3. The number of fused-ring (bicyclic) bond motifs is 1. The molecule has 2 amide bonds. The number of anilines is 1. The Morgan fingerprint density at radius 3 is 2.21 bits per heavy atom. The van der Waals surface area contributed by atoms with Crippen molar-refractivity contribution < 1.29 is 21.2 Å². The minimum absolute atomic E-state index is 0. The maximum Gasteiger partial charge on any atom is 0.337 e. The predicted octanol–water partition coefficient (Wildman–Crippen LogP) is 9.76. The molecule has 12 heteroatoms. The number of carbonyl (C=O) groups is 1. The number of allylic oxidation sites excluding steroid dienone is 3. The number of carbonyl (C=O) groups excluding carboxylic acids is 1. The maximum atomic E-state index is 15.2. The van der Waals surface area contributed by atoms with E-state index >= 15 is 8.78 Å². The first-order valence-electron chi connectivity index (χ1n) is 18.9. The third kappa shape index (κ3) is 9.31. The van der Waals surface area contributed by atoms with Gasteiger partial charge in [-0.2, -0.15) is 0 Å². The first kappa shape index (κ1) is 40.6. The zero-order valence-corrected chi connectivity index (χ0v) is 33.2. The molecule has 4 aromatic carbocycles. The lowest BCUT2D eigenvalue weighted by Crippen LogP contribution is -2.39. The third-order valence-electron chi connectivity index (χ3n) is 9.37. The summed E-state index contributed by atoms with van der Waals surface area (Å²) in [5.41, 5.74) is 2.89. The second kappa shape index (κ2) is 18.7. The first-order chi connectivity index (χ1) is 27.7. The van der Waals surface area contributed by atoms with Gasteiger partial charge >= 0.3 is 11.7 Å². The van der Waals surface area contributed by atoms with Crippen LogP contribution in [-0.2, 0) is 19.7 Å². The van der Waals surface area contributed by atoms with E-state index in [1.165, 1.54) is 27.5 Å². The lowest BCUT2D eigenvalue weighted by atomic mass is 10.0. The van der Waals surface area contributed by atoms with Gasteiger partial charge < -0.3 is 20.3 Å². The lowest BCUT2D eigenvalue weighted by Gasteiger charge is -2.19. The van der Waals surface area contributed by atoms with Gasteiger partial charge in [-0.15, -0.1) is 11.3 Å². The summed E-state index contributed by atoms with van der Waals surface area (Å²) in [6, 6.07) is 26.7. The SMILES string of the molecule is CC.CCNC(=O)Nc1ccc(-c2sc3c(c2CN(C)CCC2=CC=C2)c(=O)n(-c2ccc(OCc4ccccc4)cc2)c(=O)n3Cc2c(F)cccc2F)cc1.[HH].[HH]. The van der Waals surface area contributed by atoms with Crippen molar-refractivity contribution in [1.29, 1.82) is 0 Å². The number of nitrogens with one attached hydrogen (secondary N) is 2. The normalized spacial score (nSPS) is 11.8. The number of nitrogens with zero attached hydrogens (tertiary/aromatic N) is 3. The van der Waals surface area contributed by atoms with Crippen LogP contribution < -0.4 is 26.6 Å². The van der Waals surface area contributed by atoms with Crippen molar-refractivity contribution in [3.05, 3.63) is 170 Å². The molecule has 6 aromatic rings. The molecular weight excluding hydrogens is 745 g/mol. The largest absolute Gasteiger partial charge is 0.489 e. The van der Waals surface area contributed by atoms with Gasteiger partial charge in [-0.3, -0.25) is 9.36 Å². The van der Waals surface area contributed by atoms with Crippen LogP contribution in [0.4, 0.5) is 19.3 Å². The third-order valence-corrected chi connectivity index (χ3v) is 10.7. The van der Waals surface area contributed by atoms with E-state index in [1.54, 1.807) is 36.4 Å². The molecule has 2 heterocycles. The Labute approximate surface area is 337 Å². The summed E-state index contributed by atoms with van der Waals surface area (Å²) in [5, 5.41) is 5.78. The molecule has 1 aliphatic carbocycles. The fraction of sp³-hybridized carbons (Fsp3) is 0.222. The molecule has 9 nitrogen and oxygen atoms in total. The average molecular weight is 794 g/mol. The van der Waals surface area contributed by atoms with Gasteiger partial charge in [0, 0.05) is 38.6 Å². The Morgan fingerprint density at radius 2 is 1.58 bits per heavy atom. The summed E-state index contributed by atoms with van der Waals surface area (Å²) >= 11 is 1.22. The summed E-state index contributed by atoms with van der Waals surface area (Å²) in [7, 11) is 1.97. The van der Waals surface area contributed by atoms with Crippen LogP contribution in [-0.4, -0.2) is 40.2 Å². The second-order valence-electron chi connectivity index (χ2n) is 13.2. The van der Waals surface area contributed by atoms with Gasteiger partial charge in [0.15, 0.2) is 0 Å². The molecule has 1 aliphatic rings. The Bertz CT molecular complexity index is 2520. The zero-order valence-electron chi connectivity index (χ0n) is 32.4. The number of halogens is 2. The topological polar surface area (TPSA) is 97.6 Å². The molecule has 0 radical (unpaired) electrons. The van der Waals surface area contributed by atoms with Gasteiger partial charge in [0.2, 0.25) is 0 Å². The van der Waals surface area contributed by atoms with Crippen molar-refractivity contribution in [2.75, 3.05) is 25.5 Å². The number of hydrogen-bond donors (Lipinski definition) is 2. The minimum Gasteiger partial charge on any atom is -0.489 e. The van der Waals surface area contributed by atoms with E-state index in [2.05, 4.69) is 27.7 Å². The Morgan fingerprint density at radius 1 is 0.895 bits per heavy atom. The molecule has 7 rings (SSSR count). The highest BCUT2D eigenvalue weighted by atomic mass is 32.1. The number of ether oxygens (including phenoxy) is 1.